The standard InChI is InChI=1S/C15H17F3N4O4S/c1-21(2)27(24,25)12-8-10(4-5-11(12)26-3)19-14(23)9-22-7-6-13(20-22)15(16,17)18/h4-8H,9H2,1-3H3,(H,19,23). The predicted octanol–water partition coefficient (Wildman–Crippen LogP) is 1.80. The molecule has 0 fully saturated rings. The van der Waals surface area contributed by atoms with Crippen LogP contribution in [0.3, 0.4) is 0 Å². The van der Waals surface area contributed by atoms with Crippen LogP contribution >= 0.6 is 0 Å². The second kappa shape index (κ2) is 7.56. The van der Waals surface area contributed by atoms with Crippen LogP contribution in [-0.4, -0.2) is 49.6 Å². The third-order valence-electron chi connectivity index (χ3n) is 3.44. The zero-order valence-electron chi connectivity index (χ0n) is 14.6. The molecule has 0 saturated carbocycles. The number of amides is 1. The molecule has 0 atom stereocenters. The van der Waals surface area contributed by atoms with Crippen molar-refractivity contribution >= 4 is 21.6 Å². The molecule has 8 nitrogen and oxygen atoms in total. The number of hydrogen-bond donors (Lipinski definition) is 1. The van der Waals surface area contributed by atoms with Crippen molar-refractivity contribution in [3.8, 4) is 5.75 Å². The molecule has 0 aliphatic heterocycles. The first-order chi connectivity index (χ1) is 12.4. The maximum Gasteiger partial charge on any atom is 0.435 e. The van der Waals surface area contributed by atoms with Crippen molar-refractivity contribution in [2.45, 2.75) is 17.6 Å². The number of alkyl halides is 3. The molecule has 1 aromatic heterocycles. The Bertz CT molecular complexity index is 939. The van der Waals surface area contributed by atoms with Gasteiger partial charge >= 0.3 is 6.18 Å². The monoisotopic (exact) mass is 406 g/mol. The van der Waals surface area contributed by atoms with Gasteiger partial charge in [0, 0.05) is 26.0 Å². The zero-order chi connectivity index (χ0) is 20.4. The highest BCUT2D eigenvalue weighted by atomic mass is 32.2. The summed E-state index contributed by atoms with van der Waals surface area (Å²) in [7, 11) is 0.155. The molecule has 0 aliphatic rings. The van der Waals surface area contributed by atoms with E-state index in [1.807, 2.05) is 0 Å². The average Bonchev–Trinajstić information content (AvgIpc) is 3.03. The van der Waals surface area contributed by atoms with Gasteiger partial charge in [0.2, 0.25) is 15.9 Å². The van der Waals surface area contributed by atoms with Crippen molar-refractivity contribution in [3.05, 3.63) is 36.2 Å². The zero-order valence-corrected chi connectivity index (χ0v) is 15.4. The number of hydrogen-bond acceptors (Lipinski definition) is 5. The van der Waals surface area contributed by atoms with E-state index >= 15 is 0 Å². The number of carbonyl (C=O) groups excluding carboxylic acids is 1. The number of anilines is 1. The Balaban J connectivity index is 2.20. The van der Waals surface area contributed by atoms with Crippen LogP contribution in [0.2, 0.25) is 0 Å². The lowest BCUT2D eigenvalue weighted by molar-refractivity contribution is -0.141. The number of benzene rings is 1. The molecule has 2 aromatic rings. The molecule has 148 valence electrons. The fourth-order valence-corrected chi connectivity index (χ4v) is 3.18. The molecule has 1 heterocycles. The molecule has 0 unspecified atom stereocenters. The van der Waals surface area contributed by atoms with E-state index in [-0.39, 0.29) is 16.3 Å². The van der Waals surface area contributed by atoms with E-state index in [0.29, 0.717) is 0 Å². The summed E-state index contributed by atoms with van der Waals surface area (Å²) >= 11 is 0. The maximum atomic E-state index is 12.5. The minimum Gasteiger partial charge on any atom is -0.495 e. The van der Waals surface area contributed by atoms with E-state index in [1.54, 1.807) is 0 Å². The number of ether oxygens (including phenoxy) is 1. The highest BCUT2D eigenvalue weighted by Gasteiger charge is 2.33. The maximum absolute atomic E-state index is 12.5. The summed E-state index contributed by atoms with van der Waals surface area (Å²) in [5.41, 5.74) is -0.969. The van der Waals surface area contributed by atoms with Gasteiger partial charge in [-0.05, 0) is 24.3 Å². The third kappa shape index (κ3) is 4.77. The lowest BCUT2D eigenvalue weighted by Gasteiger charge is -2.16. The number of nitrogens with one attached hydrogen (secondary N) is 1. The van der Waals surface area contributed by atoms with Gasteiger partial charge in [0.25, 0.3) is 0 Å². The largest absolute Gasteiger partial charge is 0.495 e. The molecule has 0 bridgehead atoms. The van der Waals surface area contributed by atoms with E-state index in [1.165, 1.54) is 39.4 Å². The number of halogens is 3. The Morgan fingerprint density at radius 3 is 2.48 bits per heavy atom. The van der Waals surface area contributed by atoms with Crippen LogP contribution in [-0.2, 0) is 27.5 Å². The molecule has 0 radical (unpaired) electrons. The summed E-state index contributed by atoms with van der Waals surface area (Å²) in [5.74, 6) is -0.589. The third-order valence-corrected chi connectivity index (χ3v) is 5.28. The van der Waals surface area contributed by atoms with Crippen molar-refractivity contribution in [3.63, 3.8) is 0 Å². The van der Waals surface area contributed by atoms with Crippen LogP contribution in [0.5, 0.6) is 5.75 Å². The van der Waals surface area contributed by atoms with Crippen LogP contribution in [0.4, 0.5) is 18.9 Å². The lowest BCUT2D eigenvalue weighted by Crippen LogP contribution is -2.23. The Labute approximate surface area is 153 Å². The summed E-state index contributed by atoms with van der Waals surface area (Å²) in [6.45, 7) is -0.474. The van der Waals surface area contributed by atoms with Gasteiger partial charge < -0.3 is 10.1 Å². The molecule has 1 amide bonds. The molecular formula is C15H17F3N4O4S. The summed E-state index contributed by atoms with van der Waals surface area (Å²) in [5, 5.41) is 5.70. The van der Waals surface area contributed by atoms with E-state index in [9.17, 15) is 26.4 Å². The van der Waals surface area contributed by atoms with Gasteiger partial charge in [-0.3, -0.25) is 9.48 Å². The van der Waals surface area contributed by atoms with Crippen molar-refractivity contribution in [1.82, 2.24) is 14.1 Å². The first kappa shape index (κ1) is 20.7. The molecule has 0 saturated heterocycles. The molecule has 1 N–H and O–H groups in total. The smallest absolute Gasteiger partial charge is 0.435 e. The second-order valence-corrected chi connectivity index (χ2v) is 7.72. The minimum atomic E-state index is -4.60. The van der Waals surface area contributed by atoms with E-state index in [0.717, 1.165) is 21.3 Å². The molecule has 0 aliphatic carbocycles. The number of nitrogens with zero attached hydrogens (tertiary/aromatic N) is 3. The van der Waals surface area contributed by atoms with Crippen molar-refractivity contribution in [1.29, 1.82) is 0 Å². The van der Waals surface area contributed by atoms with Gasteiger partial charge in [0.1, 0.15) is 17.2 Å². The molecule has 1 aromatic carbocycles. The highest BCUT2D eigenvalue weighted by molar-refractivity contribution is 7.89. The number of rotatable bonds is 6. The molecule has 0 spiro atoms. The number of sulfonamides is 1. The predicted molar refractivity (Wildman–Crippen MR) is 89.7 cm³/mol. The average molecular weight is 406 g/mol. The van der Waals surface area contributed by atoms with Gasteiger partial charge in [-0.1, -0.05) is 0 Å². The lowest BCUT2D eigenvalue weighted by atomic mass is 10.3. The van der Waals surface area contributed by atoms with Crippen molar-refractivity contribution < 1.29 is 31.1 Å². The Kier molecular flexibility index (Phi) is 5.80. The van der Waals surface area contributed by atoms with E-state index in [4.69, 9.17) is 4.74 Å². The van der Waals surface area contributed by atoms with E-state index < -0.39 is 34.3 Å². The first-order valence-corrected chi connectivity index (χ1v) is 8.90. The fourth-order valence-electron chi connectivity index (χ4n) is 2.10. The summed E-state index contributed by atoms with van der Waals surface area (Å²) in [6.07, 6.45) is -3.58. The molecule has 27 heavy (non-hydrogen) atoms. The highest BCUT2D eigenvalue weighted by Crippen LogP contribution is 2.29. The van der Waals surface area contributed by atoms with Gasteiger partial charge in [0.05, 0.1) is 7.11 Å². The van der Waals surface area contributed by atoms with Gasteiger partial charge in [-0.25, -0.2) is 12.7 Å². The summed E-state index contributed by atoms with van der Waals surface area (Å²) in [6, 6.07) is 4.73. The van der Waals surface area contributed by atoms with Crippen molar-refractivity contribution in [2.75, 3.05) is 26.5 Å². The molecule has 2 rings (SSSR count). The van der Waals surface area contributed by atoms with Crippen LogP contribution < -0.4 is 10.1 Å². The van der Waals surface area contributed by atoms with Crippen molar-refractivity contribution in [2.24, 2.45) is 0 Å². The number of methoxy groups -OCH3 is 1. The van der Waals surface area contributed by atoms with Gasteiger partial charge in [-0.2, -0.15) is 18.3 Å². The van der Waals surface area contributed by atoms with Gasteiger partial charge in [0.15, 0.2) is 5.69 Å². The van der Waals surface area contributed by atoms with Crippen LogP contribution in [0.15, 0.2) is 35.4 Å². The Hall–Kier alpha value is -2.60. The quantitative estimate of drug-likeness (QED) is 0.790. The van der Waals surface area contributed by atoms with E-state index in [2.05, 4.69) is 10.4 Å². The Morgan fingerprint density at radius 1 is 1.30 bits per heavy atom. The SMILES string of the molecule is COc1ccc(NC(=O)Cn2ccc(C(F)(F)F)n2)cc1S(=O)(=O)N(C)C. The molecular weight excluding hydrogens is 389 g/mol. The normalized spacial score (nSPS) is 12.3. The summed E-state index contributed by atoms with van der Waals surface area (Å²) in [4.78, 5) is 11.9. The second-order valence-electron chi connectivity index (χ2n) is 5.60. The number of carbonyl (C=O) groups is 1. The minimum absolute atomic E-state index is 0.0867. The van der Waals surface area contributed by atoms with Crippen LogP contribution in [0, 0.1) is 0 Å². The topological polar surface area (TPSA) is 93.5 Å². The van der Waals surface area contributed by atoms with Gasteiger partial charge in [-0.15, -0.1) is 0 Å². The van der Waals surface area contributed by atoms with Crippen LogP contribution in [0.25, 0.3) is 0 Å². The Morgan fingerprint density at radius 2 is 1.96 bits per heavy atom. The number of aromatic nitrogens is 2. The van der Waals surface area contributed by atoms with Crippen LogP contribution in [0.1, 0.15) is 5.69 Å². The molecule has 12 heteroatoms. The first-order valence-electron chi connectivity index (χ1n) is 7.46. The summed E-state index contributed by atoms with van der Waals surface area (Å²) < 4.78 is 69.1. The fraction of sp³-hybridized carbons (Fsp3) is 0.333.